The lowest BCUT2D eigenvalue weighted by atomic mass is 10.0. The van der Waals surface area contributed by atoms with Crippen molar-refractivity contribution in [1.82, 2.24) is 24.6 Å². The van der Waals surface area contributed by atoms with Gasteiger partial charge in [0.15, 0.2) is 0 Å². The Morgan fingerprint density at radius 2 is 1.80 bits per heavy atom. The maximum atomic E-state index is 13.4. The lowest BCUT2D eigenvalue weighted by molar-refractivity contribution is -0.137. The van der Waals surface area contributed by atoms with Crippen LogP contribution in [0.5, 0.6) is 0 Å². The second kappa shape index (κ2) is 8.45. The molecule has 5 atom stereocenters. The fourth-order valence-electron chi connectivity index (χ4n) is 6.71. The van der Waals surface area contributed by atoms with E-state index in [1.54, 1.807) is 0 Å². The first-order valence-electron chi connectivity index (χ1n) is 12.7. The lowest BCUT2D eigenvalue weighted by Gasteiger charge is -2.46. The quantitative estimate of drug-likeness (QED) is 0.706. The van der Waals surface area contributed by atoms with Crippen molar-refractivity contribution in [3.8, 4) is 11.3 Å². The molecule has 7 nitrogen and oxygen atoms in total. The van der Waals surface area contributed by atoms with Crippen LogP contribution in [0.2, 0.25) is 0 Å². The summed E-state index contributed by atoms with van der Waals surface area (Å²) in [6.45, 7) is 10.2. The highest BCUT2D eigenvalue weighted by Gasteiger charge is 2.59. The van der Waals surface area contributed by atoms with Gasteiger partial charge in [-0.3, -0.25) is 14.5 Å². The van der Waals surface area contributed by atoms with E-state index in [4.69, 9.17) is 15.6 Å². The minimum absolute atomic E-state index is 0.124. The van der Waals surface area contributed by atoms with Crippen molar-refractivity contribution < 1.29 is 17.9 Å². The monoisotopic (exact) mass is 490 g/mol. The van der Waals surface area contributed by atoms with E-state index in [1.807, 2.05) is 10.7 Å². The van der Waals surface area contributed by atoms with Crippen LogP contribution in [0, 0.1) is 11.8 Å². The molecule has 2 N–H and O–H groups in total. The SMILES string of the molecule is CC(C)n1nc(-c2cnc(N)c(C(F)(F)F)c2)cc1C1C2CC(N3CCN4CCOCC4C3)C[C@@H]21. The van der Waals surface area contributed by atoms with E-state index in [0.717, 1.165) is 51.2 Å². The van der Waals surface area contributed by atoms with Crippen LogP contribution in [0.3, 0.4) is 0 Å². The highest BCUT2D eigenvalue weighted by molar-refractivity contribution is 5.63. The third-order valence-corrected chi connectivity index (χ3v) is 8.52. The Bertz CT molecular complexity index is 1090. The summed E-state index contributed by atoms with van der Waals surface area (Å²) in [5.74, 6) is 1.17. The van der Waals surface area contributed by atoms with Gasteiger partial charge in [-0.2, -0.15) is 18.3 Å². The van der Waals surface area contributed by atoms with Crippen molar-refractivity contribution in [2.45, 2.75) is 56.9 Å². The highest BCUT2D eigenvalue weighted by atomic mass is 19.4. The van der Waals surface area contributed by atoms with Crippen molar-refractivity contribution >= 4 is 5.82 Å². The number of piperazine rings is 1. The van der Waals surface area contributed by atoms with E-state index < -0.39 is 17.6 Å². The summed E-state index contributed by atoms with van der Waals surface area (Å²) in [7, 11) is 0. The zero-order valence-electron chi connectivity index (χ0n) is 20.2. The van der Waals surface area contributed by atoms with Gasteiger partial charge in [-0.25, -0.2) is 4.98 Å². The number of nitrogens with zero attached hydrogens (tertiary/aromatic N) is 5. The number of pyridine rings is 1. The number of fused-ring (bicyclic) bond motifs is 2. The van der Waals surface area contributed by atoms with E-state index in [1.165, 1.54) is 19.0 Å². The molecule has 6 rings (SSSR count). The van der Waals surface area contributed by atoms with Crippen molar-refractivity contribution in [3.63, 3.8) is 0 Å². The zero-order valence-corrected chi connectivity index (χ0v) is 20.2. The van der Waals surface area contributed by atoms with Crippen LogP contribution < -0.4 is 5.73 Å². The minimum atomic E-state index is -4.55. The van der Waals surface area contributed by atoms with E-state index in [9.17, 15) is 13.2 Å². The average Bonchev–Trinajstić information content (AvgIpc) is 3.16. The summed E-state index contributed by atoms with van der Waals surface area (Å²) >= 11 is 0. The molecule has 190 valence electrons. The minimum Gasteiger partial charge on any atom is -0.383 e. The van der Waals surface area contributed by atoms with E-state index in [2.05, 4.69) is 28.6 Å². The maximum Gasteiger partial charge on any atom is 0.419 e. The number of rotatable bonds is 4. The van der Waals surface area contributed by atoms with Crippen LogP contribution in [-0.2, 0) is 10.9 Å². The third-order valence-electron chi connectivity index (χ3n) is 8.52. The summed E-state index contributed by atoms with van der Waals surface area (Å²) in [6.07, 6.45) is -0.791. The smallest absolute Gasteiger partial charge is 0.383 e. The summed E-state index contributed by atoms with van der Waals surface area (Å²) < 4.78 is 47.8. The summed E-state index contributed by atoms with van der Waals surface area (Å²) in [5.41, 5.74) is 6.60. The highest BCUT2D eigenvalue weighted by Crippen LogP contribution is 2.64. The molecule has 4 heterocycles. The van der Waals surface area contributed by atoms with Crippen molar-refractivity contribution in [3.05, 3.63) is 29.6 Å². The molecule has 2 aromatic rings. The third kappa shape index (κ3) is 4.13. The van der Waals surface area contributed by atoms with E-state index >= 15 is 0 Å². The molecule has 2 aliphatic heterocycles. The van der Waals surface area contributed by atoms with Gasteiger partial charge >= 0.3 is 6.18 Å². The van der Waals surface area contributed by atoms with Gasteiger partial charge < -0.3 is 10.5 Å². The molecule has 0 radical (unpaired) electrons. The Kier molecular flexibility index (Phi) is 5.61. The standard InChI is InChI=1S/C25H33F3N6O/c1-14(2)34-22(10-21(31-34)15-7-20(25(26,27)28)24(29)30-11-15)23-18-8-16(9-19(18)23)33-4-3-32-5-6-35-13-17(32)12-33/h7,10-11,14,16-19,23H,3-6,8-9,12-13H2,1-2H3,(H2,29,30)/t16?,17?,18-,19?,23?/m0/s1. The largest absolute Gasteiger partial charge is 0.419 e. The Labute approximate surface area is 203 Å². The molecule has 0 amide bonds. The summed E-state index contributed by atoms with van der Waals surface area (Å²) in [5, 5.41) is 4.71. The molecule has 0 aromatic carbocycles. The first-order valence-corrected chi connectivity index (χ1v) is 12.7. The number of hydrogen-bond acceptors (Lipinski definition) is 6. The first-order chi connectivity index (χ1) is 16.7. The van der Waals surface area contributed by atoms with Gasteiger partial charge in [-0.05, 0) is 50.7 Å². The van der Waals surface area contributed by atoms with Gasteiger partial charge in [0.05, 0.1) is 24.5 Å². The molecular weight excluding hydrogens is 457 g/mol. The predicted octanol–water partition coefficient (Wildman–Crippen LogP) is 3.64. The van der Waals surface area contributed by atoms with Crippen LogP contribution in [-0.4, -0.2) is 76.0 Å². The number of ether oxygens (including phenoxy) is 1. The Morgan fingerprint density at radius 1 is 1.06 bits per heavy atom. The number of nitrogen functional groups attached to an aromatic ring is 1. The fourth-order valence-corrected chi connectivity index (χ4v) is 6.71. The molecular formula is C25H33F3N6O. The molecule has 4 unspecified atom stereocenters. The van der Waals surface area contributed by atoms with Crippen molar-refractivity contribution in [2.75, 3.05) is 45.1 Å². The number of anilines is 1. The molecule has 0 spiro atoms. The van der Waals surface area contributed by atoms with Crippen molar-refractivity contribution in [1.29, 1.82) is 0 Å². The van der Waals surface area contributed by atoms with Crippen LogP contribution in [0.15, 0.2) is 18.3 Å². The number of aromatic nitrogens is 3. The lowest BCUT2D eigenvalue weighted by Crippen LogP contribution is -2.59. The molecule has 2 saturated heterocycles. The second-order valence-corrected chi connectivity index (χ2v) is 10.9. The van der Waals surface area contributed by atoms with Gasteiger partial charge in [0.1, 0.15) is 5.82 Å². The number of alkyl halides is 3. The number of hydrogen-bond donors (Lipinski definition) is 1. The maximum absolute atomic E-state index is 13.4. The molecule has 2 aliphatic carbocycles. The van der Waals surface area contributed by atoms with Crippen LogP contribution >= 0.6 is 0 Å². The van der Waals surface area contributed by atoms with E-state index in [0.29, 0.717) is 41.1 Å². The summed E-state index contributed by atoms with van der Waals surface area (Å²) in [4.78, 5) is 9.04. The second-order valence-electron chi connectivity index (χ2n) is 10.9. The molecule has 35 heavy (non-hydrogen) atoms. The van der Waals surface area contributed by atoms with Gasteiger partial charge in [-0.15, -0.1) is 0 Å². The average molecular weight is 491 g/mol. The van der Waals surface area contributed by atoms with Gasteiger partial charge in [0, 0.05) is 67.7 Å². The molecule has 10 heteroatoms. The Morgan fingerprint density at radius 3 is 2.51 bits per heavy atom. The first kappa shape index (κ1) is 23.2. The van der Waals surface area contributed by atoms with Crippen LogP contribution in [0.25, 0.3) is 11.3 Å². The fraction of sp³-hybridized carbons (Fsp3) is 0.680. The number of halogens is 3. The molecule has 2 saturated carbocycles. The van der Waals surface area contributed by atoms with E-state index in [-0.39, 0.29) is 6.04 Å². The molecule has 2 aromatic heterocycles. The van der Waals surface area contributed by atoms with Gasteiger partial charge in [0.2, 0.25) is 0 Å². The normalized spacial score (nSPS) is 31.5. The molecule has 4 fully saturated rings. The van der Waals surface area contributed by atoms with Gasteiger partial charge in [-0.1, -0.05) is 0 Å². The number of morpholine rings is 1. The number of nitrogens with two attached hydrogens (primary N) is 1. The zero-order chi connectivity index (χ0) is 24.5. The van der Waals surface area contributed by atoms with Crippen LogP contribution in [0.4, 0.5) is 19.0 Å². The molecule has 4 aliphatic rings. The molecule has 0 bridgehead atoms. The van der Waals surface area contributed by atoms with Crippen molar-refractivity contribution in [2.24, 2.45) is 11.8 Å². The Hall–Kier alpha value is -2.17. The Balaban J connectivity index is 1.18. The summed E-state index contributed by atoms with van der Waals surface area (Å²) in [6, 6.07) is 4.31. The predicted molar refractivity (Wildman–Crippen MR) is 126 cm³/mol. The van der Waals surface area contributed by atoms with Crippen LogP contribution in [0.1, 0.15) is 49.9 Å². The topological polar surface area (TPSA) is 72.4 Å². The van der Waals surface area contributed by atoms with Gasteiger partial charge in [0.25, 0.3) is 0 Å².